The van der Waals surface area contributed by atoms with Crippen molar-refractivity contribution in [2.24, 2.45) is 5.41 Å². The summed E-state index contributed by atoms with van der Waals surface area (Å²) in [4.78, 5) is 2.48. The van der Waals surface area contributed by atoms with E-state index in [0.717, 1.165) is 29.7 Å². The van der Waals surface area contributed by atoms with Crippen LogP contribution in [0.25, 0.3) is 0 Å². The van der Waals surface area contributed by atoms with E-state index < -0.39 is 0 Å². The molecule has 0 bridgehead atoms. The van der Waals surface area contributed by atoms with Gasteiger partial charge >= 0.3 is 0 Å². The number of hydrogen-bond donors (Lipinski definition) is 1. The first-order chi connectivity index (χ1) is 9.57. The van der Waals surface area contributed by atoms with E-state index in [0.29, 0.717) is 6.04 Å². The third-order valence-electron chi connectivity index (χ3n) is 4.12. The summed E-state index contributed by atoms with van der Waals surface area (Å²) < 4.78 is 14.4. The number of hydrogen-bond acceptors (Lipinski definition) is 2. The highest BCUT2D eigenvalue weighted by Gasteiger charge is 2.38. The van der Waals surface area contributed by atoms with Gasteiger partial charge in [-0.05, 0) is 43.0 Å². The number of nitrogens with one attached hydrogen (secondary N) is 1. The van der Waals surface area contributed by atoms with E-state index in [9.17, 15) is 4.39 Å². The van der Waals surface area contributed by atoms with Gasteiger partial charge in [0.05, 0.1) is 0 Å². The molecule has 0 saturated carbocycles. The van der Waals surface area contributed by atoms with Gasteiger partial charge in [0.2, 0.25) is 0 Å². The molecule has 118 valence electrons. The molecule has 21 heavy (non-hydrogen) atoms. The summed E-state index contributed by atoms with van der Waals surface area (Å²) >= 11 is 3.38. The van der Waals surface area contributed by atoms with Crippen molar-refractivity contribution in [1.82, 2.24) is 10.2 Å². The van der Waals surface area contributed by atoms with Crippen LogP contribution in [0.5, 0.6) is 0 Å². The van der Waals surface area contributed by atoms with Crippen molar-refractivity contribution < 1.29 is 4.39 Å². The Morgan fingerprint density at radius 1 is 1.33 bits per heavy atom. The van der Waals surface area contributed by atoms with Crippen LogP contribution in [0.4, 0.5) is 4.39 Å². The van der Waals surface area contributed by atoms with Crippen LogP contribution in [0, 0.1) is 11.2 Å². The average molecular weight is 357 g/mol. The van der Waals surface area contributed by atoms with Gasteiger partial charge in [-0.2, -0.15) is 0 Å². The molecule has 2 rings (SSSR count). The van der Waals surface area contributed by atoms with Crippen LogP contribution in [-0.4, -0.2) is 29.6 Å². The molecule has 2 nitrogen and oxygen atoms in total. The Balaban J connectivity index is 2.23. The second-order valence-electron chi connectivity index (χ2n) is 7.83. The zero-order valence-electron chi connectivity index (χ0n) is 13.6. The van der Waals surface area contributed by atoms with Crippen molar-refractivity contribution in [2.45, 2.75) is 52.7 Å². The van der Waals surface area contributed by atoms with Gasteiger partial charge in [-0.15, -0.1) is 0 Å². The molecule has 1 heterocycles. The van der Waals surface area contributed by atoms with Gasteiger partial charge in [-0.3, -0.25) is 4.90 Å². The van der Waals surface area contributed by atoms with Gasteiger partial charge in [-0.25, -0.2) is 4.39 Å². The lowest BCUT2D eigenvalue weighted by atomic mass is 9.82. The molecule has 1 saturated heterocycles. The Bertz CT molecular complexity index is 488. The lowest BCUT2D eigenvalue weighted by molar-refractivity contribution is 0.0271. The third kappa shape index (κ3) is 4.51. The van der Waals surface area contributed by atoms with Crippen molar-refractivity contribution >= 4 is 15.9 Å². The summed E-state index contributed by atoms with van der Waals surface area (Å²) in [6, 6.07) is 5.59. The number of piperazine rings is 1. The molecule has 4 heteroatoms. The molecule has 1 N–H and O–H groups in total. The number of rotatable bonds is 2. The smallest absolute Gasteiger partial charge is 0.124 e. The van der Waals surface area contributed by atoms with E-state index in [1.54, 1.807) is 6.07 Å². The molecule has 1 aromatic rings. The predicted molar refractivity (Wildman–Crippen MR) is 89.8 cm³/mol. The Kier molecular flexibility index (Phi) is 4.81. The maximum Gasteiger partial charge on any atom is 0.124 e. The first-order valence-electron chi connectivity index (χ1n) is 7.51. The maximum atomic E-state index is 13.6. The van der Waals surface area contributed by atoms with Crippen molar-refractivity contribution in [3.05, 3.63) is 34.1 Å². The normalized spacial score (nSPS) is 23.3. The van der Waals surface area contributed by atoms with Gasteiger partial charge in [0, 0.05) is 35.7 Å². The Hall–Kier alpha value is -0.450. The zero-order chi connectivity index (χ0) is 15.8. The van der Waals surface area contributed by atoms with E-state index in [4.69, 9.17) is 0 Å². The van der Waals surface area contributed by atoms with E-state index >= 15 is 0 Å². The Morgan fingerprint density at radius 3 is 2.57 bits per heavy atom. The molecular formula is C17H26BrFN2. The SMILES string of the molecule is CC1(C)CN(Cc2cc(F)cc(Br)c2)C(C(C)(C)C)CN1. The first-order valence-corrected chi connectivity index (χ1v) is 8.30. The summed E-state index contributed by atoms with van der Waals surface area (Å²) in [5.41, 5.74) is 1.30. The minimum atomic E-state index is -0.180. The number of benzene rings is 1. The second-order valence-corrected chi connectivity index (χ2v) is 8.74. The van der Waals surface area contributed by atoms with Gasteiger partial charge in [0.15, 0.2) is 0 Å². The van der Waals surface area contributed by atoms with Crippen LogP contribution < -0.4 is 5.32 Å². The fourth-order valence-corrected chi connectivity index (χ4v) is 3.65. The Labute approximate surface area is 136 Å². The van der Waals surface area contributed by atoms with E-state index in [2.05, 4.69) is 60.8 Å². The molecule has 1 aliphatic rings. The molecule has 0 spiro atoms. The van der Waals surface area contributed by atoms with E-state index in [-0.39, 0.29) is 16.8 Å². The lowest BCUT2D eigenvalue weighted by Gasteiger charge is -2.49. The van der Waals surface area contributed by atoms with Crippen LogP contribution >= 0.6 is 15.9 Å². The minimum Gasteiger partial charge on any atom is -0.309 e. The third-order valence-corrected chi connectivity index (χ3v) is 4.58. The number of halogens is 2. The van der Waals surface area contributed by atoms with Crippen molar-refractivity contribution in [2.75, 3.05) is 13.1 Å². The molecule has 1 unspecified atom stereocenters. The van der Waals surface area contributed by atoms with Gasteiger partial charge in [0.1, 0.15) is 5.82 Å². The molecule has 0 amide bonds. The van der Waals surface area contributed by atoms with Gasteiger partial charge in [0.25, 0.3) is 0 Å². The molecule has 1 aliphatic heterocycles. The maximum absolute atomic E-state index is 13.6. The summed E-state index contributed by atoms with van der Waals surface area (Å²) in [7, 11) is 0. The first kappa shape index (κ1) is 16.9. The van der Waals surface area contributed by atoms with Crippen molar-refractivity contribution in [3.8, 4) is 0 Å². The van der Waals surface area contributed by atoms with E-state index in [1.165, 1.54) is 6.07 Å². The standard InChI is InChI=1S/C17H26BrFN2/c1-16(2,3)15-9-20-17(4,5)11-21(15)10-12-6-13(18)8-14(19)7-12/h6-8,15,20H,9-11H2,1-5H3. The summed E-state index contributed by atoms with van der Waals surface area (Å²) in [5, 5.41) is 3.63. The Morgan fingerprint density at radius 2 is 2.00 bits per heavy atom. The van der Waals surface area contributed by atoms with Crippen LogP contribution in [0.1, 0.15) is 40.2 Å². The van der Waals surface area contributed by atoms with Crippen LogP contribution in [-0.2, 0) is 6.54 Å². The molecule has 0 aromatic heterocycles. The minimum absolute atomic E-state index is 0.0896. The zero-order valence-corrected chi connectivity index (χ0v) is 15.2. The van der Waals surface area contributed by atoms with E-state index in [1.807, 2.05) is 6.07 Å². The molecule has 1 fully saturated rings. The highest BCUT2D eigenvalue weighted by Crippen LogP contribution is 2.30. The molecule has 1 atom stereocenters. The summed E-state index contributed by atoms with van der Waals surface area (Å²) in [6.45, 7) is 14.0. The fraction of sp³-hybridized carbons (Fsp3) is 0.647. The molecular weight excluding hydrogens is 331 g/mol. The summed E-state index contributed by atoms with van der Waals surface area (Å²) in [5.74, 6) is -0.180. The largest absolute Gasteiger partial charge is 0.309 e. The van der Waals surface area contributed by atoms with Crippen LogP contribution in [0.2, 0.25) is 0 Å². The predicted octanol–water partition coefficient (Wildman–Crippen LogP) is 4.19. The molecule has 0 aliphatic carbocycles. The highest BCUT2D eigenvalue weighted by atomic mass is 79.9. The topological polar surface area (TPSA) is 15.3 Å². The fourth-order valence-electron chi connectivity index (χ4n) is 3.13. The van der Waals surface area contributed by atoms with Gasteiger partial charge in [-0.1, -0.05) is 36.7 Å². The van der Waals surface area contributed by atoms with Gasteiger partial charge < -0.3 is 5.32 Å². The number of nitrogens with zero attached hydrogens (tertiary/aromatic N) is 1. The second kappa shape index (κ2) is 5.98. The summed E-state index contributed by atoms with van der Waals surface area (Å²) in [6.07, 6.45) is 0. The van der Waals surface area contributed by atoms with Crippen molar-refractivity contribution in [3.63, 3.8) is 0 Å². The highest BCUT2D eigenvalue weighted by molar-refractivity contribution is 9.10. The molecule has 1 aromatic carbocycles. The van der Waals surface area contributed by atoms with Crippen LogP contribution in [0.15, 0.2) is 22.7 Å². The van der Waals surface area contributed by atoms with Crippen LogP contribution in [0.3, 0.4) is 0 Å². The quantitative estimate of drug-likeness (QED) is 0.854. The lowest BCUT2D eigenvalue weighted by Crippen LogP contribution is -2.64. The van der Waals surface area contributed by atoms with Crippen molar-refractivity contribution in [1.29, 1.82) is 0 Å². The average Bonchev–Trinajstić information content (AvgIpc) is 2.23. The monoisotopic (exact) mass is 356 g/mol. The molecule has 0 radical (unpaired) electrons.